The number of carboxylic acids is 2. The van der Waals surface area contributed by atoms with Gasteiger partial charge in [0.15, 0.2) is 0 Å². The van der Waals surface area contributed by atoms with Crippen molar-refractivity contribution in [1.29, 1.82) is 0 Å². The smallest absolute Gasteiger partial charge is 0.354 e. The summed E-state index contributed by atoms with van der Waals surface area (Å²) >= 11 is 0. The van der Waals surface area contributed by atoms with Crippen LogP contribution >= 0.6 is 0 Å². The summed E-state index contributed by atoms with van der Waals surface area (Å²) in [5, 5.41) is 17.8. The molecule has 0 spiro atoms. The maximum Gasteiger partial charge on any atom is 0.354 e. The highest BCUT2D eigenvalue weighted by atomic mass is 16.4. The van der Waals surface area contributed by atoms with Gasteiger partial charge in [0.05, 0.1) is 0 Å². The van der Waals surface area contributed by atoms with Crippen LogP contribution in [0, 0.1) is 5.92 Å². The number of imide groups is 1. The van der Waals surface area contributed by atoms with E-state index in [0.717, 1.165) is 56.3 Å². The molecule has 9 heteroatoms. The number of rotatable bonds is 25. The number of nitrogens with zero attached hydrogens (tertiary/aromatic N) is 2. The van der Waals surface area contributed by atoms with Crippen LogP contribution in [0.2, 0.25) is 0 Å². The van der Waals surface area contributed by atoms with Gasteiger partial charge in [-0.3, -0.25) is 19.2 Å². The van der Waals surface area contributed by atoms with Gasteiger partial charge in [-0.25, -0.2) is 14.7 Å². The second kappa shape index (κ2) is 26.5. The number of carbonyl (C=O) groups excluding carboxylic acids is 3. The number of hydrogen-bond acceptors (Lipinski definition) is 5. The van der Waals surface area contributed by atoms with Gasteiger partial charge in [-0.2, -0.15) is 0 Å². The standard InChI is InChI=1S/C41H58N2O7/c1-5-7-9-11-13-19-25-34(36(33(4)44)27-21-16-18-24-30-39(47)48)31-42-41(50)43-32(3)35(26-20-15-17-23-29-38(45)46)37(40(43)49)28-22-14-12-10-8-6-2/h13-16,19-22,25,28,31,36H,5-12,17-18,23-24,26-27,29-30H2,1-4H3,(H,45,46)(H,47,48)/b19-13+,20-15-,21-16-,22-14+,34-25-,37-28+,42-31+. The highest BCUT2D eigenvalue weighted by molar-refractivity contribution is 6.13. The van der Waals surface area contributed by atoms with E-state index in [2.05, 4.69) is 18.8 Å². The first kappa shape index (κ1) is 43.6. The molecular formula is C41H58N2O7. The van der Waals surface area contributed by atoms with Crippen LogP contribution in [0.4, 0.5) is 4.79 Å². The zero-order chi connectivity index (χ0) is 37.1. The van der Waals surface area contributed by atoms with Gasteiger partial charge in [-0.05, 0) is 95.3 Å². The number of amides is 3. The van der Waals surface area contributed by atoms with Crippen molar-refractivity contribution in [3.05, 3.63) is 83.2 Å². The van der Waals surface area contributed by atoms with Crippen LogP contribution in [-0.2, 0) is 19.2 Å². The van der Waals surface area contributed by atoms with Crippen LogP contribution in [0.5, 0.6) is 0 Å². The quantitative estimate of drug-likeness (QED) is 0.0319. The summed E-state index contributed by atoms with van der Waals surface area (Å²) in [6.07, 6.45) is 31.6. The van der Waals surface area contributed by atoms with Crippen LogP contribution in [0.15, 0.2) is 88.2 Å². The number of unbranched alkanes of at least 4 members (excludes halogenated alkanes) is 8. The fraction of sp³-hybridized carbons (Fsp3) is 0.512. The van der Waals surface area contributed by atoms with Gasteiger partial charge in [-0.15, -0.1) is 0 Å². The summed E-state index contributed by atoms with van der Waals surface area (Å²) in [5.41, 5.74) is 2.13. The van der Waals surface area contributed by atoms with Gasteiger partial charge in [0, 0.05) is 36.2 Å². The fourth-order valence-corrected chi connectivity index (χ4v) is 5.34. The molecule has 0 bridgehead atoms. The summed E-state index contributed by atoms with van der Waals surface area (Å²) in [6, 6.07) is -0.755. The molecular weight excluding hydrogens is 632 g/mol. The molecule has 1 unspecified atom stereocenters. The SMILES string of the molecule is CCCCC/C=C/C=C1/C(=O)N(C(=O)/N=C/C(=C/C=C/CCCCC)C(C/C=C\CCCC(=O)O)C(C)=O)C(C)=C1C/C=C\CCCC(=O)O. The van der Waals surface area contributed by atoms with Gasteiger partial charge in [0.1, 0.15) is 5.78 Å². The van der Waals surface area contributed by atoms with E-state index in [4.69, 9.17) is 10.2 Å². The number of urea groups is 1. The van der Waals surface area contributed by atoms with E-state index < -0.39 is 29.8 Å². The molecule has 3 amide bonds. The summed E-state index contributed by atoms with van der Waals surface area (Å²) in [7, 11) is 0. The summed E-state index contributed by atoms with van der Waals surface area (Å²) in [5.74, 6) is -2.85. The largest absolute Gasteiger partial charge is 0.481 e. The van der Waals surface area contributed by atoms with E-state index in [1.165, 1.54) is 13.1 Å². The Balaban J connectivity index is 3.35. The molecule has 0 aliphatic carbocycles. The van der Waals surface area contributed by atoms with Crippen LogP contribution in [0.3, 0.4) is 0 Å². The van der Waals surface area contributed by atoms with E-state index >= 15 is 0 Å². The number of aliphatic imine (C=N–C) groups is 1. The van der Waals surface area contributed by atoms with E-state index in [1.807, 2.05) is 48.6 Å². The third kappa shape index (κ3) is 17.8. The lowest BCUT2D eigenvalue weighted by molar-refractivity contribution is -0.138. The fourth-order valence-electron chi connectivity index (χ4n) is 5.34. The lowest BCUT2D eigenvalue weighted by atomic mass is 9.91. The minimum atomic E-state index is -0.851. The molecule has 0 radical (unpaired) electrons. The van der Waals surface area contributed by atoms with Crippen LogP contribution in [0.1, 0.15) is 130 Å². The number of ketones is 1. The summed E-state index contributed by atoms with van der Waals surface area (Å²) < 4.78 is 0. The maximum absolute atomic E-state index is 13.7. The molecule has 274 valence electrons. The predicted molar refractivity (Wildman–Crippen MR) is 201 cm³/mol. The first-order valence-electron chi connectivity index (χ1n) is 18.1. The minimum Gasteiger partial charge on any atom is -0.481 e. The second-order valence-electron chi connectivity index (χ2n) is 12.5. The highest BCUT2D eigenvalue weighted by Crippen LogP contribution is 2.32. The van der Waals surface area contributed by atoms with Gasteiger partial charge in [-0.1, -0.05) is 94.2 Å². The number of aliphatic carboxylic acids is 2. The summed E-state index contributed by atoms with van der Waals surface area (Å²) in [4.78, 5) is 67.0. The van der Waals surface area contributed by atoms with Gasteiger partial charge >= 0.3 is 18.0 Å². The Hall–Kier alpha value is -4.40. The molecule has 1 rings (SSSR count). The van der Waals surface area contributed by atoms with Crippen molar-refractivity contribution >= 4 is 35.9 Å². The van der Waals surface area contributed by atoms with E-state index in [-0.39, 0.29) is 18.6 Å². The second-order valence-corrected chi connectivity index (χ2v) is 12.5. The molecule has 1 aliphatic heterocycles. The Morgan fingerprint density at radius 1 is 0.760 bits per heavy atom. The molecule has 0 aromatic heterocycles. The lowest BCUT2D eigenvalue weighted by Gasteiger charge is -2.15. The van der Waals surface area contributed by atoms with Crippen LogP contribution in [0.25, 0.3) is 0 Å². The number of hydrogen-bond donors (Lipinski definition) is 2. The molecule has 0 aromatic rings. The average Bonchev–Trinajstić information content (AvgIpc) is 3.30. The molecule has 1 heterocycles. The normalized spacial score (nSPS) is 15.8. The van der Waals surface area contributed by atoms with Crippen LogP contribution in [-0.4, -0.2) is 51.0 Å². The van der Waals surface area contributed by atoms with Crippen molar-refractivity contribution in [3.8, 4) is 0 Å². The number of carboxylic acid groups (broad SMARTS) is 2. The number of carbonyl (C=O) groups is 5. The molecule has 0 saturated carbocycles. The molecule has 1 atom stereocenters. The zero-order valence-corrected chi connectivity index (χ0v) is 30.6. The maximum atomic E-state index is 13.7. The zero-order valence-electron chi connectivity index (χ0n) is 30.6. The molecule has 9 nitrogen and oxygen atoms in total. The predicted octanol–water partition coefficient (Wildman–Crippen LogP) is 10.0. The molecule has 0 saturated heterocycles. The first-order chi connectivity index (χ1) is 24.0. The number of Topliss-reactive ketones (excluding diaryl/α,β-unsaturated/α-hetero) is 1. The Morgan fingerprint density at radius 3 is 1.88 bits per heavy atom. The molecule has 0 aromatic carbocycles. The van der Waals surface area contributed by atoms with E-state index in [0.29, 0.717) is 60.9 Å². The monoisotopic (exact) mass is 690 g/mol. The minimum absolute atomic E-state index is 0.0727. The Bertz CT molecular complexity index is 1370. The summed E-state index contributed by atoms with van der Waals surface area (Å²) in [6.45, 7) is 7.48. The van der Waals surface area contributed by atoms with Crippen molar-refractivity contribution in [3.63, 3.8) is 0 Å². The van der Waals surface area contributed by atoms with Crippen molar-refractivity contribution in [1.82, 2.24) is 4.90 Å². The molecule has 2 N–H and O–H groups in total. The Kier molecular flexibility index (Phi) is 23.1. The topological polar surface area (TPSA) is 141 Å². The van der Waals surface area contributed by atoms with Gasteiger partial charge in [0.25, 0.3) is 5.91 Å². The highest BCUT2D eigenvalue weighted by Gasteiger charge is 2.36. The Morgan fingerprint density at radius 2 is 1.32 bits per heavy atom. The average molecular weight is 691 g/mol. The van der Waals surface area contributed by atoms with Crippen LogP contribution < -0.4 is 0 Å². The molecule has 0 fully saturated rings. The van der Waals surface area contributed by atoms with Crippen molar-refractivity contribution in [2.75, 3.05) is 0 Å². The van der Waals surface area contributed by atoms with Crippen molar-refractivity contribution < 1.29 is 34.2 Å². The third-order valence-corrected chi connectivity index (χ3v) is 8.26. The van der Waals surface area contributed by atoms with Gasteiger partial charge in [0.2, 0.25) is 0 Å². The molecule has 1 aliphatic rings. The Labute approximate surface area is 299 Å². The van der Waals surface area contributed by atoms with E-state index in [9.17, 15) is 24.0 Å². The molecule has 50 heavy (non-hydrogen) atoms. The first-order valence-corrected chi connectivity index (χ1v) is 18.1. The van der Waals surface area contributed by atoms with Crippen molar-refractivity contribution in [2.45, 2.75) is 130 Å². The third-order valence-electron chi connectivity index (χ3n) is 8.26. The number of allylic oxidation sites excluding steroid dienone is 12. The van der Waals surface area contributed by atoms with E-state index in [1.54, 1.807) is 19.1 Å². The van der Waals surface area contributed by atoms with Crippen molar-refractivity contribution in [2.24, 2.45) is 10.9 Å². The lowest BCUT2D eigenvalue weighted by Crippen LogP contribution is -2.30. The van der Waals surface area contributed by atoms with Gasteiger partial charge < -0.3 is 10.2 Å².